The molecule has 0 bridgehead atoms. The Bertz CT molecular complexity index is 404. The average Bonchev–Trinajstić information content (AvgIpc) is 2.22. The number of halogens is 2. The Hall–Kier alpha value is -1.35. The highest BCUT2D eigenvalue weighted by Gasteiger charge is 1.98. The van der Waals surface area contributed by atoms with Crippen LogP contribution in [-0.4, -0.2) is 12.5 Å². The van der Waals surface area contributed by atoms with E-state index in [-0.39, 0.29) is 11.7 Å². The Labute approximate surface area is 99.1 Å². The van der Waals surface area contributed by atoms with E-state index in [0.29, 0.717) is 23.6 Å². The smallest absolute Gasteiger partial charge is 0.216 e. The average molecular weight is 242 g/mol. The molecule has 0 aliphatic rings. The molecule has 86 valence electrons. The maximum absolute atomic E-state index is 13.2. The van der Waals surface area contributed by atoms with Crippen molar-refractivity contribution >= 4 is 23.6 Å². The van der Waals surface area contributed by atoms with Gasteiger partial charge in [-0.1, -0.05) is 23.8 Å². The molecule has 0 saturated carbocycles. The van der Waals surface area contributed by atoms with Crippen molar-refractivity contribution in [1.82, 2.24) is 5.32 Å². The zero-order valence-corrected chi connectivity index (χ0v) is 9.72. The minimum absolute atomic E-state index is 0.0673. The topological polar surface area (TPSA) is 29.1 Å². The summed E-state index contributed by atoms with van der Waals surface area (Å²) in [5.41, 5.74) is 0.454. The second-order valence-corrected chi connectivity index (χ2v) is 3.78. The minimum Gasteiger partial charge on any atom is -0.356 e. The van der Waals surface area contributed by atoms with Crippen LogP contribution in [0.3, 0.4) is 0 Å². The standard InChI is InChI=1S/C12H13ClFNO/c1-9(16)15-7-3-2-4-10-8-11(13)5-6-12(10)14/h2,4-6,8H,3,7H2,1H3,(H,15,16). The van der Waals surface area contributed by atoms with Gasteiger partial charge in [0.25, 0.3) is 0 Å². The van der Waals surface area contributed by atoms with Gasteiger partial charge in [0.1, 0.15) is 5.82 Å². The Balaban J connectivity index is 2.49. The molecule has 0 heterocycles. The highest BCUT2D eigenvalue weighted by Crippen LogP contribution is 2.16. The molecule has 1 amide bonds. The van der Waals surface area contributed by atoms with Crippen molar-refractivity contribution in [3.8, 4) is 0 Å². The molecule has 2 nitrogen and oxygen atoms in total. The van der Waals surface area contributed by atoms with E-state index in [9.17, 15) is 9.18 Å². The number of hydrogen-bond acceptors (Lipinski definition) is 1. The lowest BCUT2D eigenvalue weighted by atomic mass is 10.2. The number of benzene rings is 1. The van der Waals surface area contributed by atoms with Crippen LogP contribution < -0.4 is 5.32 Å². The summed E-state index contributed by atoms with van der Waals surface area (Å²) in [5.74, 6) is -0.373. The maximum Gasteiger partial charge on any atom is 0.216 e. The third kappa shape index (κ3) is 4.45. The SMILES string of the molecule is CC(=O)NCCC=Cc1cc(Cl)ccc1F. The van der Waals surface area contributed by atoms with Gasteiger partial charge in [0.2, 0.25) is 5.91 Å². The Morgan fingerprint density at radius 2 is 2.31 bits per heavy atom. The fourth-order valence-corrected chi connectivity index (χ4v) is 1.36. The van der Waals surface area contributed by atoms with Crippen LogP contribution >= 0.6 is 11.6 Å². The molecular formula is C12H13ClFNO. The summed E-state index contributed by atoms with van der Waals surface area (Å²) >= 11 is 5.74. The van der Waals surface area contributed by atoms with Gasteiger partial charge in [-0.2, -0.15) is 0 Å². The molecule has 0 fully saturated rings. The summed E-state index contributed by atoms with van der Waals surface area (Å²) in [7, 11) is 0. The lowest BCUT2D eigenvalue weighted by Gasteiger charge is -1.99. The summed E-state index contributed by atoms with van der Waals surface area (Å²) in [6.45, 7) is 2.01. The van der Waals surface area contributed by atoms with Crippen LogP contribution in [0.1, 0.15) is 18.9 Å². The minimum atomic E-state index is -0.305. The lowest BCUT2D eigenvalue weighted by Crippen LogP contribution is -2.20. The van der Waals surface area contributed by atoms with Crippen LogP contribution in [0.4, 0.5) is 4.39 Å². The molecule has 1 N–H and O–H groups in total. The predicted octanol–water partition coefficient (Wildman–Crippen LogP) is 3.02. The fourth-order valence-electron chi connectivity index (χ4n) is 1.18. The van der Waals surface area contributed by atoms with Crippen molar-refractivity contribution in [2.24, 2.45) is 0 Å². The van der Waals surface area contributed by atoms with Crippen molar-refractivity contribution < 1.29 is 9.18 Å². The second kappa shape index (κ2) is 6.28. The molecule has 0 aromatic heterocycles. The first-order valence-corrected chi connectivity index (χ1v) is 5.33. The van der Waals surface area contributed by atoms with Gasteiger partial charge in [-0.15, -0.1) is 0 Å². The van der Waals surface area contributed by atoms with Crippen LogP contribution in [0.25, 0.3) is 6.08 Å². The van der Waals surface area contributed by atoms with Gasteiger partial charge in [-0.05, 0) is 24.6 Å². The molecule has 0 unspecified atom stereocenters. The molecule has 0 saturated heterocycles. The Morgan fingerprint density at radius 1 is 1.56 bits per heavy atom. The first-order chi connectivity index (χ1) is 7.59. The molecule has 0 spiro atoms. The number of carbonyl (C=O) groups is 1. The van der Waals surface area contributed by atoms with Gasteiger partial charge >= 0.3 is 0 Å². The highest BCUT2D eigenvalue weighted by atomic mass is 35.5. The van der Waals surface area contributed by atoms with Crippen LogP contribution in [-0.2, 0) is 4.79 Å². The highest BCUT2D eigenvalue weighted by molar-refractivity contribution is 6.30. The molecule has 1 aromatic carbocycles. The quantitative estimate of drug-likeness (QED) is 0.807. The molecule has 0 aliphatic carbocycles. The van der Waals surface area contributed by atoms with Gasteiger partial charge in [0.15, 0.2) is 0 Å². The molecule has 4 heteroatoms. The Morgan fingerprint density at radius 3 is 3.00 bits per heavy atom. The van der Waals surface area contributed by atoms with Crippen molar-refractivity contribution in [3.05, 3.63) is 40.7 Å². The largest absolute Gasteiger partial charge is 0.356 e. The second-order valence-electron chi connectivity index (χ2n) is 3.34. The van der Waals surface area contributed by atoms with E-state index in [1.807, 2.05) is 0 Å². The summed E-state index contributed by atoms with van der Waals surface area (Å²) in [6, 6.07) is 4.40. The summed E-state index contributed by atoms with van der Waals surface area (Å²) in [4.78, 5) is 10.6. The van der Waals surface area contributed by atoms with Gasteiger partial charge in [-0.3, -0.25) is 4.79 Å². The molecule has 0 radical (unpaired) electrons. The summed E-state index contributed by atoms with van der Waals surface area (Å²) in [5, 5.41) is 3.15. The first kappa shape index (κ1) is 12.7. The molecule has 0 atom stereocenters. The summed E-state index contributed by atoms with van der Waals surface area (Å²) in [6.07, 6.45) is 4.11. The van der Waals surface area contributed by atoms with E-state index >= 15 is 0 Å². The molecule has 1 aromatic rings. The van der Waals surface area contributed by atoms with E-state index in [2.05, 4.69) is 5.32 Å². The zero-order valence-electron chi connectivity index (χ0n) is 8.97. The van der Waals surface area contributed by atoms with Crippen molar-refractivity contribution in [2.45, 2.75) is 13.3 Å². The van der Waals surface area contributed by atoms with E-state index < -0.39 is 0 Å². The van der Waals surface area contributed by atoms with Gasteiger partial charge in [0.05, 0.1) is 0 Å². The number of amides is 1. The number of carbonyl (C=O) groups excluding carboxylic acids is 1. The molecule has 16 heavy (non-hydrogen) atoms. The normalized spacial score (nSPS) is 10.7. The molecular weight excluding hydrogens is 229 g/mol. The monoisotopic (exact) mass is 241 g/mol. The third-order valence-electron chi connectivity index (χ3n) is 1.94. The number of hydrogen-bond donors (Lipinski definition) is 1. The van der Waals surface area contributed by atoms with Gasteiger partial charge < -0.3 is 5.32 Å². The number of nitrogens with one attached hydrogen (secondary N) is 1. The predicted molar refractivity (Wildman–Crippen MR) is 63.7 cm³/mol. The molecule has 0 aliphatic heterocycles. The molecule has 1 rings (SSSR count). The van der Waals surface area contributed by atoms with Crippen molar-refractivity contribution in [1.29, 1.82) is 0 Å². The van der Waals surface area contributed by atoms with Crippen LogP contribution in [0.5, 0.6) is 0 Å². The van der Waals surface area contributed by atoms with Crippen molar-refractivity contribution in [2.75, 3.05) is 6.54 Å². The van der Waals surface area contributed by atoms with E-state index in [0.717, 1.165) is 0 Å². The van der Waals surface area contributed by atoms with Crippen LogP contribution in [0, 0.1) is 5.82 Å². The summed E-state index contributed by atoms with van der Waals surface area (Å²) < 4.78 is 13.2. The van der Waals surface area contributed by atoms with Gasteiger partial charge in [0, 0.05) is 24.1 Å². The van der Waals surface area contributed by atoms with E-state index in [1.165, 1.54) is 19.1 Å². The third-order valence-corrected chi connectivity index (χ3v) is 2.18. The van der Waals surface area contributed by atoms with E-state index in [4.69, 9.17) is 11.6 Å². The van der Waals surface area contributed by atoms with E-state index in [1.54, 1.807) is 18.2 Å². The maximum atomic E-state index is 13.2. The van der Waals surface area contributed by atoms with Gasteiger partial charge in [-0.25, -0.2) is 4.39 Å². The van der Waals surface area contributed by atoms with Crippen LogP contribution in [0.15, 0.2) is 24.3 Å². The van der Waals surface area contributed by atoms with Crippen molar-refractivity contribution in [3.63, 3.8) is 0 Å². The van der Waals surface area contributed by atoms with Crippen LogP contribution in [0.2, 0.25) is 5.02 Å². The fraction of sp³-hybridized carbons (Fsp3) is 0.250. The zero-order chi connectivity index (χ0) is 12.0. The lowest BCUT2D eigenvalue weighted by molar-refractivity contribution is -0.118. The first-order valence-electron chi connectivity index (χ1n) is 4.95. The Kier molecular flexibility index (Phi) is 4.99. The number of rotatable bonds is 4.